The van der Waals surface area contributed by atoms with E-state index >= 15 is 0 Å². The first kappa shape index (κ1) is 18.1. The van der Waals surface area contributed by atoms with Gasteiger partial charge in [0.05, 0.1) is 9.20 Å². The highest BCUT2D eigenvalue weighted by molar-refractivity contribution is 7.07. The molecular weight excluding hydrogens is 342 g/mol. The van der Waals surface area contributed by atoms with E-state index < -0.39 is 0 Å². The minimum Gasteiger partial charge on any atom is -0.313 e. The molecule has 1 N–H and O–H groups in total. The molecule has 0 aliphatic heterocycles. The second-order valence-electron chi connectivity index (χ2n) is 7.18. The Hall–Kier alpha value is -2.72. The summed E-state index contributed by atoms with van der Waals surface area (Å²) in [5.74, 6) is -0.116. The quantitative estimate of drug-likeness (QED) is 0.727. The van der Waals surface area contributed by atoms with E-state index in [2.05, 4.69) is 25.8 Å². The third kappa shape index (κ3) is 4.27. The van der Waals surface area contributed by atoms with Crippen molar-refractivity contribution in [3.05, 3.63) is 90.8 Å². The Morgan fingerprint density at radius 3 is 2.27 bits per heavy atom. The molecule has 0 fully saturated rings. The van der Waals surface area contributed by atoms with Crippen LogP contribution in [0.4, 0.5) is 0 Å². The van der Waals surface area contributed by atoms with Gasteiger partial charge in [-0.05, 0) is 22.6 Å². The summed E-state index contributed by atoms with van der Waals surface area (Å²) < 4.78 is 1.14. The number of aromatic nitrogens is 1. The summed E-state index contributed by atoms with van der Waals surface area (Å²) in [6.45, 7) is 6.41. The number of aromatic amines is 1. The van der Waals surface area contributed by atoms with Crippen LogP contribution in [0, 0.1) is 0 Å². The highest BCUT2D eigenvalue weighted by Gasteiger charge is 2.13. The molecule has 2 aromatic carbocycles. The van der Waals surface area contributed by atoms with E-state index in [0.29, 0.717) is 14.8 Å². The molecule has 3 rings (SSSR count). The van der Waals surface area contributed by atoms with E-state index in [1.54, 1.807) is 0 Å². The maximum Gasteiger partial charge on any atom is 0.266 e. The second-order valence-corrected chi connectivity index (χ2v) is 8.26. The summed E-state index contributed by atoms with van der Waals surface area (Å²) in [6, 6.07) is 17.3. The van der Waals surface area contributed by atoms with Gasteiger partial charge < -0.3 is 4.98 Å². The van der Waals surface area contributed by atoms with E-state index in [9.17, 15) is 9.59 Å². The Balaban J connectivity index is 1.91. The highest BCUT2D eigenvalue weighted by atomic mass is 32.1. The summed E-state index contributed by atoms with van der Waals surface area (Å²) in [5, 5.41) is 0. The lowest BCUT2D eigenvalue weighted by molar-refractivity contribution is 0.106. The normalized spacial score (nSPS) is 13.2. The Labute approximate surface area is 156 Å². The fourth-order valence-electron chi connectivity index (χ4n) is 2.56. The maximum absolute atomic E-state index is 12.5. The van der Waals surface area contributed by atoms with E-state index in [1.165, 1.54) is 23.0 Å². The minimum absolute atomic E-state index is 0.0481. The molecular formula is C22H21NO2S. The van der Waals surface area contributed by atoms with Crippen LogP contribution >= 0.6 is 11.3 Å². The van der Waals surface area contributed by atoms with Crippen molar-refractivity contribution >= 4 is 29.3 Å². The van der Waals surface area contributed by atoms with Crippen LogP contribution in [0.15, 0.2) is 59.4 Å². The van der Waals surface area contributed by atoms with Crippen LogP contribution < -0.4 is 14.8 Å². The molecule has 1 heterocycles. The number of carbonyl (C=O) groups is 1. The van der Waals surface area contributed by atoms with Gasteiger partial charge in [-0.2, -0.15) is 0 Å². The zero-order chi connectivity index (χ0) is 18.7. The van der Waals surface area contributed by atoms with Crippen molar-refractivity contribution in [3.63, 3.8) is 0 Å². The third-order valence-corrected chi connectivity index (χ3v) is 5.04. The molecule has 1 aromatic heterocycles. The zero-order valence-corrected chi connectivity index (χ0v) is 15.9. The molecule has 0 aliphatic carbocycles. The number of thiazole rings is 1. The summed E-state index contributed by atoms with van der Waals surface area (Å²) in [6.07, 6.45) is 3.31. The van der Waals surface area contributed by atoms with Crippen LogP contribution in [-0.2, 0) is 5.41 Å². The van der Waals surface area contributed by atoms with E-state index in [1.807, 2.05) is 60.7 Å². The summed E-state index contributed by atoms with van der Waals surface area (Å²) >= 11 is 1.28. The first-order valence-corrected chi connectivity index (χ1v) is 9.27. The van der Waals surface area contributed by atoms with Gasteiger partial charge in [0.15, 0.2) is 5.78 Å². The third-order valence-electron chi connectivity index (χ3n) is 4.08. The number of ketones is 1. The smallest absolute Gasteiger partial charge is 0.266 e. The monoisotopic (exact) mass is 363 g/mol. The average Bonchev–Trinajstić information content (AvgIpc) is 2.94. The van der Waals surface area contributed by atoms with Gasteiger partial charge in [-0.1, -0.05) is 75.4 Å². The zero-order valence-electron chi connectivity index (χ0n) is 15.1. The molecule has 0 atom stereocenters. The first-order valence-electron chi connectivity index (χ1n) is 8.45. The summed E-state index contributed by atoms with van der Waals surface area (Å²) in [7, 11) is 0. The number of nitrogens with one attached hydrogen (secondary N) is 1. The molecule has 3 aromatic rings. The molecule has 0 aliphatic rings. The van der Waals surface area contributed by atoms with E-state index in [-0.39, 0.29) is 16.8 Å². The Morgan fingerprint density at radius 2 is 1.65 bits per heavy atom. The van der Waals surface area contributed by atoms with Gasteiger partial charge in [0.2, 0.25) is 0 Å². The number of rotatable bonds is 3. The van der Waals surface area contributed by atoms with Crippen molar-refractivity contribution in [2.75, 3.05) is 0 Å². The van der Waals surface area contributed by atoms with Crippen LogP contribution in [0.5, 0.6) is 0 Å². The second kappa shape index (κ2) is 7.26. The molecule has 26 heavy (non-hydrogen) atoms. The molecule has 0 unspecified atom stereocenters. The predicted molar refractivity (Wildman–Crippen MR) is 108 cm³/mol. The van der Waals surface area contributed by atoms with Crippen molar-refractivity contribution in [2.45, 2.75) is 26.2 Å². The Kier molecular flexibility index (Phi) is 5.05. The number of benzene rings is 2. The highest BCUT2D eigenvalue weighted by Crippen LogP contribution is 2.22. The van der Waals surface area contributed by atoms with Crippen molar-refractivity contribution < 1.29 is 4.79 Å². The molecule has 0 amide bonds. The number of hydrogen-bond donors (Lipinski definition) is 1. The van der Waals surface area contributed by atoms with Crippen molar-refractivity contribution in [1.29, 1.82) is 0 Å². The number of carbonyl (C=O) groups excluding carboxylic acids is 1. The maximum atomic E-state index is 12.5. The van der Waals surface area contributed by atoms with Crippen LogP contribution in [0.1, 0.15) is 42.3 Å². The van der Waals surface area contributed by atoms with Crippen LogP contribution in [0.2, 0.25) is 0 Å². The summed E-state index contributed by atoms with van der Waals surface area (Å²) in [4.78, 5) is 27.3. The number of H-pyrrole nitrogens is 1. The number of hydrogen-bond acceptors (Lipinski definition) is 3. The van der Waals surface area contributed by atoms with Crippen molar-refractivity contribution in [1.82, 2.24) is 4.98 Å². The molecule has 4 heteroatoms. The first-order chi connectivity index (χ1) is 12.3. The van der Waals surface area contributed by atoms with E-state index in [4.69, 9.17) is 0 Å². The van der Waals surface area contributed by atoms with E-state index in [0.717, 1.165) is 5.56 Å². The van der Waals surface area contributed by atoms with Gasteiger partial charge in [0, 0.05) is 11.6 Å². The van der Waals surface area contributed by atoms with Crippen LogP contribution in [0.3, 0.4) is 0 Å². The largest absolute Gasteiger partial charge is 0.313 e. The standard InChI is InChI=1S/C22H21NO2S/c1-22(2,3)17-11-9-16(10-12-17)18(24)14-20-23-21(25)19(26-20)13-15-7-5-4-6-8-15/h4-14H,1-3H3,(H,23,25)/b19-13+,20-14-. The van der Waals surface area contributed by atoms with Gasteiger partial charge >= 0.3 is 0 Å². The Morgan fingerprint density at radius 1 is 1.00 bits per heavy atom. The average molecular weight is 363 g/mol. The van der Waals surface area contributed by atoms with Crippen LogP contribution in [0.25, 0.3) is 12.2 Å². The molecule has 3 nitrogen and oxygen atoms in total. The molecule has 0 spiro atoms. The molecule has 0 radical (unpaired) electrons. The van der Waals surface area contributed by atoms with Crippen molar-refractivity contribution in [3.8, 4) is 0 Å². The fourth-order valence-corrected chi connectivity index (χ4v) is 3.45. The van der Waals surface area contributed by atoms with Gasteiger partial charge in [-0.25, -0.2) is 0 Å². The lowest BCUT2D eigenvalue weighted by Gasteiger charge is -2.18. The topological polar surface area (TPSA) is 49.9 Å². The van der Waals surface area contributed by atoms with Gasteiger partial charge in [-0.15, -0.1) is 11.3 Å². The van der Waals surface area contributed by atoms with Gasteiger partial charge in [0.25, 0.3) is 5.56 Å². The summed E-state index contributed by atoms with van der Waals surface area (Å²) in [5.41, 5.74) is 2.61. The Bertz CT molecular complexity index is 1080. The SMILES string of the molecule is CC(C)(C)c1ccc(C(=O)/C=c2/[nH]c(=O)/c(=C\c3ccccc3)s2)cc1. The molecule has 0 saturated heterocycles. The fraction of sp³-hybridized carbons (Fsp3) is 0.182. The van der Waals surface area contributed by atoms with Crippen molar-refractivity contribution in [2.24, 2.45) is 0 Å². The number of Topliss-reactive ketones (excluding diaryl/α,β-unsaturated/α-hetero) is 1. The van der Waals surface area contributed by atoms with Gasteiger partial charge in [0.1, 0.15) is 0 Å². The lowest BCUT2D eigenvalue weighted by atomic mass is 9.86. The minimum atomic E-state index is -0.180. The predicted octanol–water partition coefficient (Wildman–Crippen LogP) is 3.23. The molecule has 132 valence electrons. The van der Waals surface area contributed by atoms with Crippen LogP contribution in [-0.4, -0.2) is 10.8 Å². The molecule has 0 bridgehead atoms. The lowest BCUT2D eigenvalue weighted by Crippen LogP contribution is -2.20. The van der Waals surface area contributed by atoms with Gasteiger partial charge in [-0.3, -0.25) is 9.59 Å². The molecule has 0 saturated carbocycles.